The number of aromatic nitrogens is 4. The van der Waals surface area contributed by atoms with E-state index in [1.807, 2.05) is 19.9 Å². The van der Waals surface area contributed by atoms with Crippen LogP contribution < -0.4 is 10.6 Å². The largest absolute Gasteiger partial charge is 0.378 e. The van der Waals surface area contributed by atoms with Crippen molar-refractivity contribution in [3.63, 3.8) is 0 Å². The fraction of sp³-hybridized carbons (Fsp3) is 0.538. The van der Waals surface area contributed by atoms with Crippen molar-refractivity contribution in [3.05, 3.63) is 28.2 Å². The lowest BCUT2D eigenvalue weighted by Gasteiger charge is -2.23. The molecular formula is C13H18N6OS. The molecule has 2 aromatic rings. The Hall–Kier alpha value is -1.64. The van der Waals surface area contributed by atoms with Crippen molar-refractivity contribution in [2.75, 3.05) is 25.1 Å². The third-order valence-corrected chi connectivity index (χ3v) is 4.14. The van der Waals surface area contributed by atoms with Crippen LogP contribution in [0.1, 0.15) is 28.1 Å². The van der Waals surface area contributed by atoms with Crippen molar-refractivity contribution in [1.29, 1.82) is 0 Å². The number of rotatable bonds is 4. The predicted octanol–water partition coefficient (Wildman–Crippen LogP) is 1.22. The van der Waals surface area contributed by atoms with E-state index in [1.54, 1.807) is 0 Å². The van der Waals surface area contributed by atoms with Crippen LogP contribution in [0.4, 0.5) is 5.82 Å². The van der Waals surface area contributed by atoms with Crippen LogP contribution >= 0.6 is 11.5 Å². The molecule has 0 amide bonds. The Bertz CT molecular complexity index is 610. The van der Waals surface area contributed by atoms with Crippen LogP contribution in [0.15, 0.2) is 6.07 Å². The molecule has 0 aliphatic carbocycles. The topological polar surface area (TPSA) is 84.9 Å². The third-order valence-electron chi connectivity index (χ3n) is 3.31. The maximum Gasteiger partial charge on any atom is 0.130 e. The van der Waals surface area contributed by atoms with Gasteiger partial charge in [0.25, 0.3) is 0 Å². The average molecular weight is 306 g/mol. The molecule has 0 aromatic carbocycles. The summed E-state index contributed by atoms with van der Waals surface area (Å²) in [7, 11) is 0. The van der Waals surface area contributed by atoms with Gasteiger partial charge in [0.05, 0.1) is 42.1 Å². The zero-order valence-corrected chi connectivity index (χ0v) is 12.9. The van der Waals surface area contributed by atoms with Gasteiger partial charge in [0.1, 0.15) is 11.6 Å². The van der Waals surface area contributed by atoms with Gasteiger partial charge in [0.15, 0.2) is 0 Å². The summed E-state index contributed by atoms with van der Waals surface area (Å²) in [6.45, 7) is 6.78. The van der Waals surface area contributed by atoms with Gasteiger partial charge in [0.2, 0.25) is 0 Å². The van der Waals surface area contributed by atoms with E-state index in [4.69, 9.17) is 4.74 Å². The quantitative estimate of drug-likeness (QED) is 0.878. The van der Waals surface area contributed by atoms with Crippen LogP contribution in [0.2, 0.25) is 0 Å². The van der Waals surface area contributed by atoms with Gasteiger partial charge in [-0.3, -0.25) is 0 Å². The number of hydrogen-bond acceptors (Lipinski definition) is 8. The van der Waals surface area contributed by atoms with E-state index in [1.165, 1.54) is 11.5 Å². The van der Waals surface area contributed by atoms with Crippen molar-refractivity contribution < 1.29 is 4.74 Å². The molecule has 2 N–H and O–H groups in total. The van der Waals surface area contributed by atoms with E-state index in [0.717, 1.165) is 41.1 Å². The number of aryl methyl sites for hydroxylation is 2. The number of morpholine rings is 1. The predicted molar refractivity (Wildman–Crippen MR) is 80.3 cm³/mol. The highest BCUT2D eigenvalue weighted by atomic mass is 32.1. The Balaban J connectivity index is 1.73. The second-order valence-corrected chi connectivity index (χ2v) is 5.78. The molecule has 2 aromatic heterocycles. The van der Waals surface area contributed by atoms with Gasteiger partial charge in [0, 0.05) is 12.6 Å². The lowest BCUT2D eigenvalue weighted by atomic mass is 10.2. The maximum atomic E-state index is 5.49. The summed E-state index contributed by atoms with van der Waals surface area (Å²) >= 11 is 1.41. The third kappa shape index (κ3) is 3.52. The zero-order valence-electron chi connectivity index (χ0n) is 12.1. The average Bonchev–Trinajstić information content (AvgIpc) is 2.91. The molecule has 1 aliphatic heterocycles. The van der Waals surface area contributed by atoms with Crippen LogP contribution in [0, 0.1) is 13.8 Å². The number of ether oxygens (including phenoxy) is 1. The first-order valence-corrected chi connectivity index (χ1v) is 7.68. The Morgan fingerprint density at radius 2 is 2.33 bits per heavy atom. The van der Waals surface area contributed by atoms with Gasteiger partial charge < -0.3 is 15.4 Å². The van der Waals surface area contributed by atoms with Crippen LogP contribution in [0.25, 0.3) is 0 Å². The highest BCUT2D eigenvalue weighted by molar-refractivity contribution is 7.05. The first-order valence-electron chi connectivity index (χ1n) is 6.91. The molecule has 3 heterocycles. The van der Waals surface area contributed by atoms with Crippen molar-refractivity contribution in [2.45, 2.75) is 26.4 Å². The second kappa shape index (κ2) is 6.42. The van der Waals surface area contributed by atoms with Crippen molar-refractivity contribution in [1.82, 2.24) is 24.9 Å². The second-order valence-electron chi connectivity index (χ2n) is 4.94. The molecule has 21 heavy (non-hydrogen) atoms. The molecule has 0 unspecified atom stereocenters. The Labute approximate surface area is 127 Å². The fourth-order valence-corrected chi connectivity index (χ4v) is 2.77. The van der Waals surface area contributed by atoms with E-state index in [9.17, 15) is 0 Å². The van der Waals surface area contributed by atoms with Crippen LogP contribution in [0.5, 0.6) is 0 Å². The van der Waals surface area contributed by atoms with Crippen LogP contribution in [-0.4, -0.2) is 39.3 Å². The SMILES string of the molecule is Cc1nc(NCc2snnc2C)cc([C@@H]2COCCN2)n1. The molecule has 1 saturated heterocycles. The monoisotopic (exact) mass is 306 g/mol. The number of nitrogens with one attached hydrogen (secondary N) is 2. The fourth-order valence-electron chi connectivity index (χ4n) is 2.20. The van der Waals surface area contributed by atoms with Gasteiger partial charge in [-0.25, -0.2) is 9.97 Å². The molecule has 0 bridgehead atoms. The number of nitrogens with zero attached hydrogens (tertiary/aromatic N) is 4. The van der Waals surface area contributed by atoms with Crippen molar-refractivity contribution in [2.24, 2.45) is 0 Å². The molecule has 0 saturated carbocycles. The summed E-state index contributed by atoms with van der Waals surface area (Å²) in [6.07, 6.45) is 0. The van der Waals surface area contributed by atoms with Gasteiger partial charge >= 0.3 is 0 Å². The molecule has 0 spiro atoms. The van der Waals surface area contributed by atoms with Crippen LogP contribution in [0.3, 0.4) is 0 Å². The molecule has 1 atom stereocenters. The molecule has 3 rings (SSSR count). The first kappa shape index (κ1) is 14.3. The molecular weight excluding hydrogens is 288 g/mol. The Morgan fingerprint density at radius 3 is 3.05 bits per heavy atom. The van der Waals surface area contributed by atoms with Crippen LogP contribution in [-0.2, 0) is 11.3 Å². The van der Waals surface area contributed by atoms with E-state index < -0.39 is 0 Å². The molecule has 112 valence electrons. The summed E-state index contributed by atoms with van der Waals surface area (Å²) < 4.78 is 9.43. The van der Waals surface area contributed by atoms with E-state index >= 15 is 0 Å². The smallest absolute Gasteiger partial charge is 0.130 e. The molecule has 7 nitrogen and oxygen atoms in total. The minimum absolute atomic E-state index is 0.132. The normalized spacial score (nSPS) is 18.7. The standard InChI is InChI=1S/C13H18N6OS/c1-8-12(21-19-18-8)6-15-13-5-10(16-9(2)17-13)11-7-20-4-3-14-11/h5,11,14H,3-4,6-7H2,1-2H3,(H,15,16,17)/t11-/m0/s1. The summed E-state index contributed by atoms with van der Waals surface area (Å²) in [6, 6.07) is 2.11. The molecule has 0 radical (unpaired) electrons. The van der Waals surface area contributed by atoms with Crippen molar-refractivity contribution >= 4 is 17.4 Å². The molecule has 1 aliphatic rings. The Morgan fingerprint density at radius 1 is 1.43 bits per heavy atom. The summed E-state index contributed by atoms with van der Waals surface area (Å²) in [5, 5.41) is 10.7. The van der Waals surface area contributed by atoms with E-state index in [2.05, 4.69) is 30.2 Å². The van der Waals surface area contributed by atoms with E-state index in [-0.39, 0.29) is 6.04 Å². The van der Waals surface area contributed by atoms with Gasteiger partial charge in [-0.15, -0.1) is 5.10 Å². The lowest BCUT2D eigenvalue weighted by Crippen LogP contribution is -2.35. The van der Waals surface area contributed by atoms with Crippen molar-refractivity contribution in [3.8, 4) is 0 Å². The minimum Gasteiger partial charge on any atom is -0.378 e. The number of anilines is 1. The molecule has 1 fully saturated rings. The first-order chi connectivity index (χ1) is 10.2. The van der Waals surface area contributed by atoms with E-state index in [0.29, 0.717) is 13.2 Å². The minimum atomic E-state index is 0.132. The summed E-state index contributed by atoms with van der Waals surface area (Å²) in [5.74, 6) is 1.57. The zero-order chi connectivity index (χ0) is 14.7. The highest BCUT2D eigenvalue weighted by Crippen LogP contribution is 2.18. The summed E-state index contributed by atoms with van der Waals surface area (Å²) in [4.78, 5) is 10.1. The Kier molecular flexibility index (Phi) is 4.37. The lowest BCUT2D eigenvalue weighted by molar-refractivity contribution is 0.0755. The molecule has 8 heteroatoms. The number of hydrogen-bond donors (Lipinski definition) is 2. The van der Waals surface area contributed by atoms with Gasteiger partial charge in [-0.05, 0) is 25.4 Å². The highest BCUT2D eigenvalue weighted by Gasteiger charge is 2.18. The van der Waals surface area contributed by atoms with Gasteiger partial charge in [-0.2, -0.15) is 0 Å². The maximum absolute atomic E-state index is 5.49. The van der Waals surface area contributed by atoms with Gasteiger partial charge in [-0.1, -0.05) is 4.49 Å². The summed E-state index contributed by atoms with van der Waals surface area (Å²) in [5.41, 5.74) is 1.92.